The van der Waals surface area contributed by atoms with Crippen molar-refractivity contribution < 1.29 is 9.53 Å². The van der Waals surface area contributed by atoms with Crippen LogP contribution in [-0.4, -0.2) is 42.2 Å². The fourth-order valence-corrected chi connectivity index (χ4v) is 3.28. The highest BCUT2D eigenvalue weighted by Gasteiger charge is 2.17. The van der Waals surface area contributed by atoms with Crippen LogP contribution in [0.4, 0.5) is 5.69 Å². The molecule has 1 aliphatic rings. The number of hydrogen-bond acceptors (Lipinski definition) is 5. The lowest BCUT2D eigenvalue weighted by Gasteiger charge is -2.20. The van der Waals surface area contributed by atoms with E-state index in [-0.39, 0.29) is 5.91 Å². The summed E-state index contributed by atoms with van der Waals surface area (Å²) < 4.78 is 5.45. The van der Waals surface area contributed by atoms with E-state index >= 15 is 0 Å². The number of aromatic nitrogens is 1. The Morgan fingerprint density at radius 2 is 1.93 bits per heavy atom. The zero-order valence-electron chi connectivity index (χ0n) is 16.6. The van der Waals surface area contributed by atoms with Gasteiger partial charge in [0.2, 0.25) is 0 Å². The smallest absolute Gasteiger partial charge is 0.253 e. The molecule has 0 saturated carbocycles. The van der Waals surface area contributed by atoms with Crippen LogP contribution in [0.3, 0.4) is 0 Å². The van der Waals surface area contributed by atoms with Crippen LogP contribution >= 0.6 is 0 Å². The Kier molecular flexibility index (Phi) is 5.44. The molecule has 0 spiro atoms. The number of carbonyl (C=O) groups is 1. The molecule has 0 bridgehead atoms. The predicted octanol–water partition coefficient (Wildman–Crippen LogP) is 3.57. The molecule has 1 aromatic carbocycles. The van der Waals surface area contributed by atoms with Crippen molar-refractivity contribution in [2.24, 2.45) is 5.10 Å². The molecule has 0 saturated heterocycles. The van der Waals surface area contributed by atoms with Crippen molar-refractivity contribution in [3.05, 3.63) is 52.8 Å². The molecule has 0 radical (unpaired) electrons. The number of rotatable bonds is 5. The predicted molar refractivity (Wildman–Crippen MR) is 108 cm³/mol. The number of carbonyl (C=O) groups excluding carboxylic acids is 1. The number of amides is 1. The first-order valence-corrected chi connectivity index (χ1v) is 9.07. The topological polar surface area (TPSA) is 58.0 Å². The summed E-state index contributed by atoms with van der Waals surface area (Å²) in [6.45, 7) is 7.28. The number of hydrazone groups is 1. The molecule has 0 N–H and O–H groups in total. The van der Waals surface area contributed by atoms with E-state index in [1.807, 2.05) is 50.0 Å². The molecule has 0 atom stereocenters. The minimum absolute atomic E-state index is 0.0385. The molecule has 3 rings (SSSR count). The van der Waals surface area contributed by atoms with Crippen LogP contribution in [0.2, 0.25) is 0 Å². The Morgan fingerprint density at radius 1 is 1.22 bits per heavy atom. The molecule has 1 aromatic heterocycles. The van der Waals surface area contributed by atoms with E-state index in [1.54, 1.807) is 25.3 Å². The summed E-state index contributed by atoms with van der Waals surface area (Å²) in [5, 5.41) is 6.46. The van der Waals surface area contributed by atoms with Gasteiger partial charge in [0.25, 0.3) is 5.91 Å². The highest BCUT2D eigenvalue weighted by molar-refractivity contribution is 5.94. The molecule has 0 fully saturated rings. The average molecular weight is 366 g/mol. The van der Waals surface area contributed by atoms with E-state index in [0.717, 1.165) is 46.9 Å². The van der Waals surface area contributed by atoms with Gasteiger partial charge in [-0.2, -0.15) is 5.10 Å². The lowest BCUT2D eigenvalue weighted by molar-refractivity contribution is 0.0783. The van der Waals surface area contributed by atoms with Crippen LogP contribution in [0.5, 0.6) is 5.75 Å². The first-order chi connectivity index (χ1) is 12.9. The van der Waals surface area contributed by atoms with Gasteiger partial charge in [0.1, 0.15) is 5.75 Å². The van der Waals surface area contributed by atoms with Crippen molar-refractivity contribution in [2.75, 3.05) is 25.7 Å². The fourth-order valence-electron chi connectivity index (χ4n) is 3.28. The van der Waals surface area contributed by atoms with Gasteiger partial charge in [-0.25, -0.2) is 0 Å². The summed E-state index contributed by atoms with van der Waals surface area (Å²) in [5.74, 6) is 0.787. The second kappa shape index (κ2) is 7.78. The third kappa shape index (κ3) is 3.94. The molecule has 1 aliphatic heterocycles. The third-order valence-electron chi connectivity index (χ3n) is 4.87. The summed E-state index contributed by atoms with van der Waals surface area (Å²) in [7, 11) is 3.44. The van der Waals surface area contributed by atoms with Crippen molar-refractivity contribution in [3.8, 4) is 5.75 Å². The maximum absolute atomic E-state index is 12.8. The SMILES string of the molecule is COc1c(C)cnc(CN(C)C(=O)c2ccc(N3CCC(C)=N3)cc2)c1C. The van der Waals surface area contributed by atoms with Gasteiger partial charge in [-0.1, -0.05) is 0 Å². The summed E-state index contributed by atoms with van der Waals surface area (Å²) >= 11 is 0. The molecule has 27 heavy (non-hydrogen) atoms. The van der Waals surface area contributed by atoms with E-state index in [2.05, 4.69) is 10.1 Å². The molecule has 2 heterocycles. The minimum atomic E-state index is -0.0385. The Hall–Kier alpha value is -2.89. The highest BCUT2D eigenvalue weighted by Crippen LogP contribution is 2.25. The Labute approximate surface area is 160 Å². The highest BCUT2D eigenvalue weighted by atomic mass is 16.5. The standard InChI is InChI=1S/C21H26N4O2/c1-14-12-22-19(16(3)20(14)27-5)13-24(4)21(26)17-6-8-18(9-7-17)25-11-10-15(2)23-25/h6-9,12H,10-11,13H2,1-5H3. The zero-order valence-corrected chi connectivity index (χ0v) is 16.6. The second-order valence-electron chi connectivity index (χ2n) is 6.96. The van der Waals surface area contributed by atoms with Crippen molar-refractivity contribution in [1.29, 1.82) is 0 Å². The maximum Gasteiger partial charge on any atom is 0.253 e. The van der Waals surface area contributed by atoms with E-state index in [4.69, 9.17) is 4.74 Å². The van der Waals surface area contributed by atoms with Gasteiger partial charge >= 0.3 is 0 Å². The van der Waals surface area contributed by atoms with Gasteiger partial charge in [-0.15, -0.1) is 0 Å². The Bertz CT molecular complexity index is 874. The van der Waals surface area contributed by atoms with Crippen molar-refractivity contribution in [2.45, 2.75) is 33.7 Å². The van der Waals surface area contributed by atoms with Gasteiger partial charge in [0.15, 0.2) is 0 Å². The third-order valence-corrected chi connectivity index (χ3v) is 4.87. The Morgan fingerprint density at radius 3 is 2.52 bits per heavy atom. The number of anilines is 1. The second-order valence-corrected chi connectivity index (χ2v) is 6.96. The summed E-state index contributed by atoms with van der Waals surface area (Å²) in [5.41, 5.74) is 5.58. The van der Waals surface area contributed by atoms with Crippen LogP contribution in [-0.2, 0) is 6.54 Å². The maximum atomic E-state index is 12.8. The number of pyridine rings is 1. The van der Waals surface area contributed by atoms with Crippen LogP contribution in [0.15, 0.2) is 35.6 Å². The number of ether oxygens (including phenoxy) is 1. The van der Waals surface area contributed by atoms with Gasteiger partial charge < -0.3 is 9.64 Å². The minimum Gasteiger partial charge on any atom is -0.496 e. The van der Waals surface area contributed by atoms with Crippen LogP contribution in [0.1, 0.15) is 40.5 Å². The monoisotopic (exact) mass is 366 g/mol. The van der Waals surface area contributed by atoms with Gasteiger partial charge in [-0.05, 0) is 45.0 Å². The molecule has 6 heteroatoms. The van der Waals surface area contributed by atoms with E-state index in [1.165, 1.54) is 0 Å². The summed E-state index contributed by atoms with van der Waals surface area (Å²) in [4.78, 5) is 19.0. The molecule has 142 valence electrons. The zero-order chi connectivity index (χ0) is 19.6. The average Bonchev–Trinajstić information content (AvgIpc) is 3.10. The van der Waals surface area contributed by atoms with Crippen molar-refractivity contribution in [1.82, 2.24) is 9.88 Å². The quantitative estimate of drug-likeness (QED) is 0.812. The van der Waals surface area contributed by atoms with Gasteiger partial charge in [0.05, 0.1) is 25.0 Å². The van der Waals surface area contributed by atoms with Gasteiger partial charge in [0, 0.05) is 48.6 Å². The van der Waals surface area contributed by atoms with E-state index < -0.39 is 0 Å². The molecule has 6 nitrogen and oxygen atoms in total. The van der Waals surface area contributed by atoms with Crippen LogP contribution < -0.4 is 9.75 Å². The molecular formula is C21H26N4O2. The lowest BCUT2D eigenvalue weighted by Crippen LogP contribution is -2.27. The molecule has 0 unspecified atom stereocenters. The van der Waals surface area contributed by atoms with E-state index in [0.29, 0.717) is 12.1 Å². The van der Waals surface area contributed by atoms with Gasteiger partial charge in [-0.3, -0.25) is 14.8 Å². The number of methoxy groups -OCH3 is 1. The fraction of sp³-hybridized carbons (Fsp3) is 0.381. The number of hydrogen-bond donors (Lipinski definition) is 0. The first-order valence-electron chi connectivity index (χ1n) is 9.07. The normalized spacial score (nSPS) is 13.5. The first kappa shape index (κ1) is 18.9. The molecule has 1 amide bonds. The Balaban J connectivity index is 1.72. The van der Waals surface area contributed by atoms with Crippen LogP contribution in [0.25, 0.3) is 0 Å². The molecule has 2 aromatic rings. The molecular weight excluding hydrogens is 340 g/mol. The summed E-state index contributed by atoms with van der Waals surface area (Å²) in [6, 6.07) is 7.60. The van der Waals surface area contributed by atoms with E-state index in [9.17, 15) is 4.79 Å². The van der Waals surface area contributed by atoms with Crippen molar-refractivity contribution >= 4 is 17.3 Å². The number of benzene rings is 1. The number of aryl methyl sites for hydroxylation is 1. The largest absolute Gasteiger partial charge is 0.496 e. The van der Waals surface area contributed by atoms with Crippen LogP contribution in [0, 0.1) is 13.8 Å². The van der Waals surface area contributed by atoms with Crippen molar-refractivity contribution in [3.63, 3.8) is 0 Å². The lowest BCUT2D eigenvalue weighted by atomic mass is 10.1. The molecule has 0 aliphatic carbocycles. The number of nitrogens with zero attached hydrogens (tertiary/aromatic N) is 4. The summed E-state index contributed by atoms with van der Waals surface area (Å²) in [6.07, 6.45) is 2.77.